The number of aliphatic hydroxyl groups is 1. The van der Waals surface area contributed by atoms with Gasteiger partial charge in [-0.15, -0.1) is 0 Å². The Morgan fingerprint density at radius 1 is 1.09 bits per heavy atom. The molecule has 8 heteroatoms. The third-order valence-corrected chi connectivity index (χ3v) is 13.3. The third kappa shape index (κ3) is 4.68. The Morgan fingerprint density at radius 3 is 2.44 bits per heavy atom. The van der Waals surface area contributed by atoms with Crippen LogP contribution < -0.4 is 0 Å². The van der Waals surface area contributed by atoms with Crippen LogP contribution in [0.5, 0.6) is 0 Å². The highest BCUT2D eigenvalue weighted by Gasteiger charge is 2.81. The van der Waals surface area contributed by atoms with Crippen molar-refractivity contribution in [3.8, 4) is 0 Å². The van der Waals surface area contributed by atoms with Crippen molar-refractivity contribution in [1.29, 1.82) is 0 Å². The molecule has 43 heavy (non-hydrogen) atoms. The fraction of sp³-hybridized carbons (Fsp3) is 0.771. The molecule has 2 spiro atoms. The maximum atomic E-state index is 14.0. The van der Waals surface area contributed by atoms with E-state index >= 15 is 0 Å². The zero-order valence-corrected chi connectivity index (χ0v) is 26.9. The van der Waals surface area contributed by atoms with Crippen LogP contribution >= 0.6 is 0 Å². The van der Waals surface area contributed by atoms with Gasteiger partial charge in [0.2, 0.25) is 0 Å². The van der Waals surface area contributed by atoms with Gasteiger partial charge in [-0.2, -0.15) is 0 Å². The highest BCUT2D eigenvalue weighted by atomic mass is 16.7. The summed E-state index contributed by atoms with van der Waals surface area (Å²) >= 11 is 0. The van der Waals surface area contributed by atoms with Crippen LogP contribution in [0.25, 0.3) is 0 Å². The van der Waals surface area contributed by atoms with Gasteiger partial charge in [0.25, 0.3) is 0 Å². The van der Waals surface area contributed by atoms with Crippen LogP contribution in [0.15, 0.2) is 24.3 Å². The van der Waals surface area contributed by atoms with Crippen molar-refractivity contribution in [2.45, 2.75) is 99.2 Å². The van der Waals surface area contributed by atoms with Gasteiger partial charge in [-0.3, -0.25) is 19.2 Å². The molecule has 8 nitrogen and oxygen atoms in total. The number of hydrogen-bond acceptors (Lipinski definition) is 8. The number of ketones is 2. The lowest BCUT2D eigenvalue weighted by atomic mass is 9.43. The molecular formula is C35H50O8. The minimum Gasteiger partial charge on any atom is -0.462 e. The lowest BCUT2D eigenvalue weighted by Gasteiger charge is -2.60. The first kappa shape index (κ1) is 32.1. The van der Waals surface area contributed by atoms with E-state index in [1.807, 2.05) is 19.9 Å². The van der Waals surface area contributed by atoms with Gasteiger partial charge in [0, 0.05) is 37.5 Å². The summed E-state index contributed by atoms with van der Waals surface area (Å²) in [6.07, 6.45) is 8.06. The predicted octanol–water partition coefficient (Wildman–Crippen LogP) is 5.22. The average Bonchev–Trinajstić information content (AvgIpc) is 3.55. The molecule has 12 atom stereocenters. The topological polar surface area (TPSA) is 116 Å². The van der Waals surface area contributed by atoms with Gasteiger partial charge in [0.05, 0.1) is 6.61 Å². The van der Waals surface area contributed by atoms with E-state index in [1.165, 1.54) is 13.8 Å². The average molecular weight is 599 g/mol. The van der Waals surface area contributed by atoms with E-state index in [2.05, 4.69) is 33.4 Å². The number of esters is 2. The fourth-order valence-electron chi connectivity index (χ4n) is 10.9. The molecule has 0 aliphatic heterocycles. The van der Waals surface area contributed by atoms with Gasteiger partial charge in [0.15, 0.2) is 18.4 Å². The monoisotopic (exact) mass is 598 g/mol. The number of Topliss-reactive ketones (excluding diaryl/α,β-unsaturated/α-hetero) is 1. The van der Waals surface area contributed by atoms with Crippen molar-refractivity contribution >= 4 is 23.5 Å². The maximum absolute atomic E-state index is 14.0. The second-order valence-corrected chi connectivity index (χ2v) is 15.0. The second kappa shape index (κ2) is 10.9. The van der Waals surface area contributed by atoms with Crippen molar-refractivity contribution in [3.05, 3.63) is 24.3 Å². The summed E-state index contributed by atoms with van der Waals surface area (Å²) < 4.78 is 16.2. The van der Waals surface area contributed by atoms with E-state index < -0.39 is 24.1 Å². The van der Waals surface area contributed by atoms with Gasteiger partial charge < -0.3 is 19.3 Å². The Balaban J connectivity index is 1.39. The first-order valence-electron chi connectivity index (χ1n) is 16.1. The molecule has 5 aliphatic carbocycles. The summed E-state index contributed by atoms with van der Waals surface area (Å²) in [7, 11) is 0. The first-order chi connectivity index (χ1) is 20.1. The van der Waals surface area contributed by atoms with E-state index in [0.717, 1.165) is 32.1 Å². The quantitative estimate of drug-likeness (QED) is 0.158. The number of hydrogen-bond donors (Lipinski definition) is 1. The van der Waals surface area contributed by atoms with Crippen LogP contribution in [-0.2, 0) is 33.4 Å². The Hall–Kier alpha value is -2.32. The highest BCUT2D eigenvalue weighted by Crippen LogP contribution is 2.87. The summed E-state index contributed by atoms with van der Waals surface area (Å²) in [4.78, 5) is 50.0. The standard InChI is InChI=1S/C35H50O8/c1-19(16-41-18-42-23(5)36)20(2)30(39)31(40)22(4)29-27(43-24(6)37)15-33(8)28-10-9-25-21(3)26(38)11-12-34(25)17-35(28,34)14-13-32(29,33)7/h11-12,19,21-22,25,27-30,39H,2,9-10,13-18H2,1,3-8H3/t19-,21-,22-,25-,27-,28-,29-,30?,32+,33-,34+,35-/m0/s1. The second-order valence-electron chi connectivity index (χ2n) is 15.0. The number of carbonyl (C=O) groups excluding carboxylic acids is 4. The SMILES string of the molecule is C=C(C(O)C(=O)[C@@H](C)[C@H]1[C@@H](OC(C)=O)C[C@@]2(C)[C@@H]3CC[C@H]4[C@H](C)C(=O)C=C[C@@]45C[C@@]35CC[C@]12C)[C@@H](C)COCOC(C)=O. The van der Waals surface area contributed by atoms with Crippen molar-refractivity contribution < 1.29 is 38.5 Å². The van der Waals surface area contributed by atoms with Crippen molar-refractivity contribution in [1.82, 2.24) is 0 Å². The molecule has 0 radical (unpaired) electrons. The van der Waals surface area contributed by atoms with Crippen LogP contribution in [0, 0.1) is 57.2 Å². The Bertz CT molecular complexity index is 1240. The summed E-state index contributed by atoms with van der Waals surface area (Å²) in [5, 5.41) is 11.2. The lowest BCUT2D eigenvalue weighted by Crippen LogP contribution is -2.55. The number of ether oxygens (including phenoxy) is 3. The Labute approximate surface area is 256 Å². The maximum Gasteiger partial charge on any atom is 0.304 e. The Kier molecular flexibility index (Phi) is 8.16. The molecular weight excluding hydrogens is 548 g/mol. The van der Waals surface area contributed by atoms with E-state index in [9.17, 15) is 24.3 Å². The fourth-order valence-corrected chi connectivity index (χ4v) is 10.9. The van der Waals surface area contributed by atoms with Crippen LogP contribution in [0.1, 0.15) is 87.0 Å². The molecule has 0 amide bonds. The third-order valence-electron chi connectivity index (χ3n) is 13.3. The van der Waals surface area contributed by atoms with Gasteiger partial charge in [-0.05, 0) is 83.7 Å². The number of fused-ring (bicyclic) bond motifs is 2. The van der Waals surface area contributed by atoms with E-state index in [0.29, 0.717) is 23.8 Å². The van der Waals surface area contributed by atoms with Gasteiger partial charge in [0.1, 0.15) is 12.2 Å². The van der Waals surface area contributed by atoms with Crippen LogP contribution in [0.2, 0.25) is 0 Å². The number of rotatable bonds is 10. The minimum atomic E-state index is -1.39. The molecule has 5 aliphatic rings. The van der Waals surface area contributed by atoms with Gasteiger partial charge >= 0.3 is 11.9 Å². The number of carbonyl (C=O) groups is 4. The summed E-state index contributed by atoms with van der Waals surface area (Å²) in [5.41, 5.74) is 0.119. The molecule has 0 aromatic carbocycles. The van der Waals surface area contributed by atoms with Crippen LogP contribution in [-0.4, -0.2) is 54.2 Å². The number of allylic oxidation sites excluding steroid dienone is 2. The normalized spacial score (nSPS) is 42.8. The van der Waals surface area contributed by atoms with E-state index in [4.69, 9.17) is 14.2 Å². The smallest absolute Gasteiger partial charge is 0.304 e. The molecule has 4 fully saturated rings. The minimum absolute atomic E-state index is 0.0539. The molecule has 5 rings (SSSR count). The van der Waals surface area contributed by atoms with E-state index in [-0.39, 0.29) is 70.3 Å². The molecule has 0 saturated heterocycles. The predicted molar refractivity (Wildman–Crippen MR) is 159 cm³/mol. The van der Waals surface area contributed by atoms with Gasteiger partial charge in [-0.25, -0.2) is 0 Å². The first-order valence-corrected chi connectivity index (χ1v) is 16.1. The lowest BCUT2D eigenvalue weighted by molar-refractivity contribution is -0.156. The van der Waals surface area contributed by atoms with Crippen molar-refractivity contribution in [3.63, 3.8) is 0 Å². The molecule has 1 unspecified atom stereocenters. The molecule has 0 heterocycles. The summed E-state index contributed by atoms with van der Waals surface area (Å²) in [6, 6.07) is 0. The molecule has 238 valence electrons. The van der Waals surface area contributed by atoms with Crippen LogP contribution in [0.4, 0.5) is 0 Å². The van der Waals surface area contributed by atoms with E-state index in [1.54, 1.807) is 0 Å². The zero-order chi connectivity index (χ0) is 31.7. The van der Waals surface area contributed by atoms with Crippen molar-refractivity contribution in [2.75, 3.05) is 13.4 Å². The molecule has 1 N–H and O–H groups in total. The van der Waals surface area contributed by atoms with Crippen molar-refractivity contribution in [2.24, 2.45) is 57.2 Å². The van der Waals surface area contributed by atoms with Crippen LogP contribution in [0.3, 0.4) is 0 Å². The summed E-state index contributed by atoms with van der Waals surface area (Å²) in [5.74, 6) is -1.20. The summed E-state index contributed by atoms with van der Waals surface area (Å²) in [6.45, 7) is 17.1. The zero-order valence-electron chi connectivity index (χ0n) is 26.9. The molecule has 0 aromatic rings. The van der Waals surface area contributed by atoms with Gasteiger partial charge in [-0.1, -0.05) is 47.3 Å². The largest absolute Gasteiger partial charge is 0.462 e. The molecule has 4 saturated carbocycles. The number of aliphatic hydroxyl groups excluding tert-OH is 1. The molecule has 0 aromatic heterocycles. The highest BCUT2D eigenvalue weighted by molar-refractivity contribution is 5.93. The Morgan fingerprint density at radius 2 is 1.79 bits per heavy atom. The molecule has 0 bridgehead atoms.